The lowest BCUT2D eigenvalue weighted by atomic mass is 10.0. The summed E-state index contributed by atoms with van der Waals surface area (Å²) in [5.74, 6) is 0.663. The molecule has 0 amide bonds. The fraction of sp³-hybridized carbons (Fsp3) is 1.00. The predicted molar refractivity (Wildman–Crippen MR) is 44.0 cm³/mol. The van der Waals surface area contributed by atoms with Crippen LogP contribution in [0.5, 0.6) is 0 Å². The van der Waals surface area contributed by atoms with E-state index in [1.807, 2.05) is 0 Å². The van der Waals surface area contributed by atoms with Crippen LogP contribution in [0.4, 0.5) is 0 Å². The SMILES string of the molecule is CCNC(CO)CC(C)C. The summed E-state index contributed by atoms with van der Waals surface area (Å²) in [6.45, 7) is 7.59. The Kier molecular flexibility index (Phi) is 5.64. The van der Waals surface area contributed by atoms with E-state index in [0.29, 0.717) is 12.0 Å². The number of hydrogen-bond donors (Lipinski definition) is 2. The molecule has 0 rings (SSSR count). The maximum atomic E-state index is 8.84. The topological polar surface area (TPSA) is 32.3 Å². The fourth-order valence-corrected chi connectivity index (χ4v) is 1.08. The van der Waals surface area contributed by atoms with E-state index in [2.05, 4.69) is 26.1 Å². The van der Waals surface area contributed by atoms with Crippen LogP contribution in [0, 0.1) is 5.92 Å². The Labute approximate surface area is 63.6 Å². The van der Waals surface area contributed by atoms with Crippen LogP contribution in [0.15, 0.2) is 0 Å². The summed E-state index contributed by atoms with van der Waals surface area (Å²) in [7, 11) is 0. The van der Waals surface area contributed by atoms with E-state index in [0.717, 1.165) is 13.0 Å². The van der Waals surface area contributed by atoms with Crippen molar-refractivity contribution < 1.29 is 5.11 Å². The van der Waals surface area contributed by atoms with Crippen molar-refractivity contribution in [1.29, 1.82) is 0 Å². The van der Waals surface area contributed by atoms with Gasteiger partial charge < -0.3 is 10.4 Å². The lowest BCUT2D eigenvalue weighted by molar-refractivity contribution is 0.226. The van der Waals surface area contributed by atoms with Crippen LogP contribution in [0.25, 0.3) is 0 Å². The second-order valence-electron chi connectivity index (χ2n) is 3.07. The first-order valence-corrected chi connectivity index (χ1v) is 4.05. The third-order valence-electron chi connectivity index (χ3n) is 1.47. The third kappa shape index (κ3) is 4.77. The molecule has 0 aliphatic rings. The summed E-state index contributed by atoms with van der Waals surface area (Å²) in [4.78, 5) is 0. The first-order valence-electron chi connectivity index (χ1n) is 4.05. The van der Waals surface area contributed by atoms with Crippen molar-refractivity contribution in [2.24, 2.45) is 5.92 Å². The van der Waals surface area contributed by atoms with Gasteiger partial charge in [-0.15, -0.1) is 0 Å². The maximum Gasteiger partial charge on any atom is 0.0584 e. The minimum absolute atomic E-state index is 0.256. The summed E-state index contributed by atoms with van der Waals surface area (Å²) >= 11 is 0. The number of aliphatic hydroxyl groups is 1. The van der Waals surface area contributed by atoms with Crippen molar-refractivity contribution in [2.75, 3.05) is 13.2 Å². The Hall–Kier alpha value is -0.0800. The van der Waals surface area contributed by atoms with Crippen LogP contribution in [0.2, 0.25) is 0 Å². The third-order valence-corrected chi connectivity index (χ3v) is 1.47. The molecule has 0 aliphatic heterocycles. The maximum absolute atomic E-state index is 8.84. The van der Waals surface area contributed by atoms with Crippen LogP contribution < -0.4 is 5.32 Å². The zero-order valence-corrected chi connectivity index (χ0v) is 7.22. The van der Waals surface area contributed by atoms with Gasteiger partial charge in [0.1, 0.15) is 0 Å². The number of rotatable bonds is 5. The van der Waals surface area contributed by atoms with E-state index in [1.54, 1.807) is 0 Å². The van der Waals surface area contributed by atoms with Gasteiger partial charge in [0, 0.05) is 6.04 Å². The van der Waals surface area contributed by atoms with Gasteiger partial charge in [-0.3, -0.25) is 0 Å². The lowest BCUT2D eigenvalue weighted by Gasteiger charge is -2.16. The highest BCUT2D eigenvalue weighted by Crippen LogP contribution is 2.03. The minimum atomic E-state index is 0.256. The molecule has 0 aromatic rings. The molecule has 0 aliphatic carbocycles. The van der Waals surface area contributed by atoms with Crippen LogP contribution in [-0.2, 0) is 0 Å². The van der Waals surface area contributed by atoms with Crippen LogP contribution in [0.3, 0.4) is 0 Å². The molecule has 0 aromatic heterocycles. The Morgan fingerprint density at radius 2 is 2.00 bits per heavy atom. The smallest absolute Gasteiger partial charge is 0.0584 e. The van der Waals surface area contributed by atoms with Crippen molar-refractivity contribution in [3.05, 3.63) is 0 Å². The molecule has 0 fully saturated rings. The molecule has 0 radical (unpaired) electrons. The van der Waals surface area contributed by atoms with Gasteiger partial charge in [0.05, 0.1) is 6.61 Å². The van der Waals surface area contributed by atoms with E-state index < -0.39 is 0 Å². The molecule has 2 heteroatoms. The van der Waals surface area contributed by atoms with Crippen LogP contribution in [-0.4, -0.2) is 24.3 Å². The summed E-state index contributed by atoms with van der Waals surface area (Å²) in [5.41, 5.74) is 0. The minimum Gasteiger partial charge on any atom is -0.395 e. The summed E-state index contributed by atoms with van der Waals surface area (Å²) in [5, 5.41) is 12.1. The highest BCUT2D eigenvalue weighted by atomic mass is 16.3. The molecular weight excluding hydrogens is 126 g/mol. The largest absolute Gasteiger partial charge is 0.395 e. The van der Waals surface area contributed by atoms with Gasteiger partial charge in [0.25, 0.3) is 0 Å². The van der Waals surface area contributed by atoms with Crippen LogP contribution in [0.1, 0.15) is 27.2 Å². The van der Waals surface area contributed by atoms with E-state index in [-0.39, 0.29) is 6.61 Å². The summed E-state index contributed by atoms with van der Waals surface area (Å²) in [6, 6.07) is 0.296. The van der Waals surface area contributed by atoms with Crippen molar-refractivity contribution >= 4 is 0 Å². The van der Waals surface area contributed by atoms with Crippen LogP contribution >= 0.6 is 0 Å². The highest BCUT2D eigenvalue weighted by molar-refractivity contribution is 4.65. The molecule has 0 bridgehead atoms. The molecule has 0 saturated heterocycles. The van der Waals surface area contributed by atoms with E-state index in [1.165, 1.54) is 0 Å². The number of likely N-dealkylation sites (N-methyl/N-ethyl adjacent to an activating group) is 1. The average Bonchev–Trinajstić information content (AvgIpc) is 1.86. The van der Waals surface area contributed by atoms with Gasteiger partial charge >= 0.3 is 0 Å². The molecule has 1 atom stereocenters. The molecule has 2 nitrogen and oxygen atoms in total. The standard InChI is InChI=1S/C8H19NO/c1-4-9-8(6-10)5-7(2)3/h7-10H,4-6H2,1-3H3. The molecular formula is C8H19NO. The summed E-state index contributed by atoms with van der Waals surface area (Å²) in [6.07, 6.45) is 1.06. The molecule has 2 N–H and O–H groups in total. The van der Waals surface area contributed by atoms with Gasteiger partial charge in [-0.05, 0) is 18.9 Å². The van der Waals surface area contributed by atoms with Crippen molar-refractivity contribution in [3.8, 4) is 0 Å². The summed E-state index contributed by atoms with van der Waals surface area (Å²) < 4.78 is 0. The molecule has 1 unspecified atom stereocenters. The normalized spacial score (nSPS) is 14.1. The van der Waals surface area contributed by atoms with Gasteiger partial charge in [0.15, 0.2) is 0 Å². The lowest BCUT2D eigenvalue weighted by Crippen LogP contribution is -2.33. The number of hydrogen-bond acceptors (Lipinski definition) is 2. The second-order valence-corrected chi connectivity index (χ2v) is 3.07. The Morgan fingerprint density at radius 1 is 1.40 bits per heavy atom. The molecule has 62 valence electrons. The fourth-order valence-electron chi connectivity index (χ4n) is 1.08. The zero-order valence-electron chi connectivity index (χ0n) is 7.22. The first-order chi connectivity index (χ1) is 4.70. The predicted octanol–water partition coefficient (Wildman–Crippen LogP) is 1.00. The van der Waals surface area contributed by atoms with E-state index >= 15 is 0 Å². The highest BCUT2D eigenvalue weighted by Gasteiger charge is 2.06. The zero-order chi connectivity index (χ0) is 7.98. The Bertz CT molecular complexity index is 73.7. The first kappa shape index (κ1) is 9.92. The Morgan fingerprint density at radius 3 is 2.30 bits per heavy atom. The quantitative estimate of drug-likeness (QED) is 0.605. The number of nitrogens with one attached hydrogen (secondary N) is 1. The van der Waals surface area contributed by atoms with Gasteiger partial charge in [-0.2, -0.15) is 0 Å². The molecule has 0 saturated carbocycles. The molecule has 10 heavy (non-hydrogen) atoms. The average molecular weight is 145 g/mol. The monoisotopic (exact) mass is 145 g/mol. The Balaban J connectivity index is 3.39. The second kappa shape index (κ2) is 5.69. The van der Waals surface area contributed by atoms with Gasteiger partial charge in [-0.1, -0.05) is 20.8 Å². The number of aliphatic hydroxyl groups excluding tert-OH is 1. The molecule has 0 spiro atoms. The van der Waals surface area contributed by atoms with E-state index in [9.17, 15) is 0 Å². The van der Waals surface area contributed by atoms with E-state index in [4.69, 9.17) is 5.11 Å². The van der Waals surface area contributed by atoms with Crippen molar-refractivity contribution in [3.63, 3.8) is 0 Å². The van der Waals surface area contributed by atoms with Gasteiger partial charge in [-0.25, -0.2) is 0 Å². The van der Waals surface area contributed by atoms with Crippen molar-refractivity contribution in [1.82, 2.24) is 5.32 Å². The van der Waals surface area contributed by atoms with Crippen molar-refractivity contribution in [2.45, 2.75) is 33.2 Å². The van der Waals surface area contributed by atoms with Gasteiger partial charge in [0.2, 0.25) is 0 Å². The molecule has 0 heterocycles. The molecule has 0 aromatic carbocycles.